The van der Waals surface area contributed by atoms with Gasteiger partial charge in [0.05, 0.1) is 6.10 Å². The molecule has 5 heteroatoms. The van der Waals surface area contributed by atoms with Gasteiger partial charge in [-0.1, -0.05) is 0 Å². The van der Waals surface area contributed by atoms with Gasteiger partial charge in [-0.2, -0.15) is 11.3 Å². The molecule has 0 aromatic carbocycles. The molecule has 1 aromatic heterocycles. The van der Waals surface area contributed by atoms with E-state index in [-0.39, 0.29) is 18.1 Å². The number of nitrogens with two attached hydrogens (primary N) is 1. The minimum absolute atomic E-state index is 0.0258. The van der Waals surface area contributed by atoms with Crippen molar-refractivity contribution in [1.82, 2.24) is 5.32 Å². The average molecular weight is 240 g/mol. The maximum Gasteiger partial charge on any atom is 0.249 e. The summed E-state index contributed by atoms with van der Waals surface area (Å²) in [5.74, 6) is -0.0258. The van der Waals surface area contributed by atoms with Crippen LogP contribution in [0.5, 0.6) is 0 Å². The standard InChI is InChI=1S/C11H16N2O2S/c12-5-9-1-2-10(15-9)11(14)13-6-8-3-4-16-7-8/h3-4,7,9-10H,1-2,5-6,12H2,(H,13,14). The Morgan fingerprint density at radius 2 is 2.50 bits per heavy atom. The molecule has 88 valence electrons. The molecule has 1 aliphatic heterocycles. The van der Waals surface area contributed by atoms with Crippen molar-refractivity contribution in [3.63, 3.8) is 0 Å². The van der Waals surface area contributed by atoms with Gasteiger partial charge < -0.3 is 15.8 Å². The number of ether oxygens (including phenoxy) is 1. The SMILES string of the molecule is NCC1CCC(C(=O)NCc2ccsc2)O1. The van der Waals surface area contributed by atoms with Gasteiger partial charge in [-0.25, -0.2) is 0 Å². The highest BCUT2D eigenvalue weighted by atomic mass is 32.1. The zero-order valence-electron chi connectivity index (χ0n) is 9.02. The molecule has 1 aliphatic rings. The van der Waals surface area contributed by atoms with Crippen LogP contribution in [0.3, 0.4) is 0 Å². The third-order valence-electron chi connectivity index (χ3n) is 2.71. The van der Waals surface area contributed by atoms with Gasteiger partial charge in [-0.05, 0) is 35.2 Å². The predicted octanol–water partition coefficient (Wildman–Crippen LogP) is 0.871. The van der Waals surface area contributed by atoms with E-state index in [0.717, 1.165) is 18.4 Å². The fourth-order valence-corrected chi connectivity index (χ4v) is 2.44. The zero-order valence-corrected chi connectivity index (χ0v) is 9.83. The molecule has 0 aliphatic carbocycles. The lowest BCUT2D eigenvalue weighted by atomic mass is 10.2. The van der Waals surface area contributed by atoms with E-state index in [4.69, 9.17) is 10.5 Å². The monoisotopic (exact) mass is 240 g/mol. The summed E-state index contributed by atoms with van der Waals surface area (Å²) in [6.07, 6.45) is 1.40. The Morgan fingerprint density at radius 3 is 3.12 bits per heavy atom. The van der Waals surface area contributed by atoms with E-state index in [2.05, 4.69) is 5.32 Å². The van der Waals surface area contributed by atoms with Gasteiger partial charge >= 0.3 is 0 Å². The van der Waals surface area contributed by atoms with Crippen molar-refractivity contribution in [2.24, 2.45) is 5.73 Å². The highest BCUT2D eigenvalue weighted by Gasteiger charge is 2.29. The quantitative estimate of drug-likeness (QED) is 0.821. The molecule has 0 radical (unpaired) electrons. The Balaban J connectivity index is 1.76. The molecule has 1 fully saturated rings. The van der Waals surface area contributed by atoms with Crippen LogP contribution in [0.1, 0.15) is 18.4 Å². The molecular weight excluding hydrogens is 224 g/mol. The predicted molar refractivity (Wildman–Crippen MR) is 63.1 cm³/mol. The van der Waals surface area contributed by atoms with E-state index >= 15 is 0 Å². The summed E-state index contributed by atoms with van der Waals surface area (Å²) in [7, 11) is 0. The number of carbonyl (C=O) groups excluding carboxylic acids is 1. The second-order valence-corrected chi connectivity index (χ2v) is 4.69. The normalized spacial score (nSPS) is 24.6. The molecule has 0 bridgehead atoms. The zero-order chi connectivity index (χ0) is 11.4. The van der Waals surface area contributed by atoms with Crippen molar-refractivity contribution in [3.8, 4) is 0 Å². The Morgan fingerprint density at radius 1 is 1.62 bits per heavy atom. The number of hydrogen-bond donors (Lipinski definition) is 2. The minimum Gasteiger partial charge on any atom is -0.364 e. The lowest BCUT2D eigenvalue weighted by Gasteiger charge is -2.12. The minimum atomic E-state index is -0.313. The van der Waals surface area contributed by atoms with Crippen molar-refractivity contribution >= 4 is 17.2 Å². The highest BCUT2D eigenvalue weighted by molar-refractivity contribution is 7.07. The number of hydrogen-bond acceptors (Lipinski definition) is 4. The molecule has 0 saturated carbocycles. The topological polar surface area (TPSA) is 64.4 Å². The summed E-state index contributed by atoms with van der Waals surface area (Å²) >= 11 is 1.63. The maximum atomic E-state index is 11.7. The van der Waals surface area contributed by atoms with Crippen molar-refractivity contribution in [1.29, 1.82) is 0 Å². The van der Waals surface area contributed by atoms with Crippen LogP contribution < -0.4 is 11.1 Å². The first-order chi connectivity index (χ1) is 7.79. The van der Waals surface area contributed by atoms with E-state index < -0.39 is 0 Å². The fourth-order valence-electron chi connectivity index (χ4n) is 1.77. The van der Waals surface area contributed by atoms with Crippen LogP contribution in [0.15, 0.2) is 16.8 Å². The van der Waals surface area contributed by atoms with Crippen LogP contribution in [0.25, 0.3) is 0 Å². The number of thiophene rings is 1. The molecule has 1 saturated heterocycles. The first-order valence-electron chi connectivity index (χ1n) is 5.44. The largest absolute Gasteiger partial charge is 0.364 e. The van der Waals surface area contributed by atoms with Gasteiger partial charge in [0.25, 0.3) is 0 Å². The fraction of sp³-hybridized carbons (Fsp3) is 0.545. The molecule has 2 unspecified atom stereocenters. The summed E-state index contributed by atoms with van der Waals surface area (Å²) in [6.45, 7) is 1.07. The van der Waals surface area contributed by atoms with Crippen LogP contribution in [-0.2, 0) is 16.1 Å². The summed E-state index contributed by atoms with van der Waals surface area (Å²) in [6, 6.07) is 2.00. The summed E-state index contributed by atoms with van der Waals surface area (Å²) in [5, 5.41) is 6.90. The second-order valence-electron chi connectivity index (χ2n) is 3.91. The smallest absolute Gasteiger partial charge is 0.249 e. The second kappa shape index (κ2) is 5.43. The van der Waals surface area contributed by atoms with Gasteiger partial charge in [-0.3, -0.25) is 4.79 Å². The maximum absolute atomic E-state index is 11.7. The lowest BCUT2D eigenvalue weighted by Crippen LogP contribution is -2.35. The molecule has 3 N–H and O–H groups in total. The summed E-state index contributed by atoms with van der Waals surface area (Å²) < 4.78 is 5.51. The Labute approximate surface area is 98.8 Å². The molecular formula is C11H16N2O2S. The lowest BCUT2D eigenvalue weighted by molar-refractivity contribution is -0.132. The van der Waals surface area contributed by atoms with Crippen LogP contribution in [0.4, 0.5) is 0 Å². The van der Waals surface area contributed by atoms with Crippen molar-refractivity contribution < 1.29 is 9.53 Å². The Bertz CT molecular complexity index is 340. The summed E-state index contributed by atoms with van der Waals surface area (Å²) in [5.41, 5.74) is 6.62. The van der Waals surface area contributed by atoms with Crippen LogP contribution in [-0.4, -0.2) is 24.7 Å². The van der Waals surface area contributed by atoms with Gasteiger partial charge in [0.1, 0.15) is 6.10 Å². The molecule has 2 heterocycles. The first-order valence-corrected chi connectivity index (χ1v) is 6.38. The van der Waals surface area contributed by atoms with E-state index in [1.165, 1.54) is 0 Å². The molecule has 1 amide bonds. The number of carbonyl (C=O) groups is 1. The summed E-state index contributed by atoms with van der Waals surface area (Å²) in [4.78, 5) is 11.7. The molecule has 2 rings (SSSR count). The van der Waals surface area contributed by atoms with Gasteiger partial charge in [-0.15, -0.1) is 0 Å². The Hall–Kier alpha value is -0.910. The van der Waals surface area contributed by atoms with Gasteiger partial charge in [0.15, 0.2) is 0 Å². The molecule has 16 heavy (non-hydrogen) atoms. The van der Waals surface area contributed by atoms with Crippen molar-refractivity contribution in [2.75, 3.05) is 6.54 Å². The van der Waals surface area contributed by atoms with E-state index in [1.807, 2.05) is 16.8 Å². The molecule has 0 spiro atoms. The molecule has 4 nitrogen and oxygen atoms in total. The van der Waals surface area contributed by atoms with Crippen LogP contribution in [0, 0.1) is 0 Å². The van der Waals surface area contributed by atoms with Crippen LogP contribution in [0.2, 0.25) is 0 Å². The highest BCUT2D eigenvalue weighted by Crippen LogP contribution is 2.19. The third kappa shape index (κ3) is 2.81. The van der Waals surface area contributed by atoms with E-state index in [0.29, 0.717) is 13.1 Å². The third-order valence-corrected chi connectivity index (χ3v) is 3.44. The van der Waals surface area contributed by atoms with Gasteiger partial charge in [0, 0.05) is 13.1 Å². The van der Waals surface area contributed by atoms with Gasteiger partial charge in [0.2, 0.25) is 5.91 Å². The Kier molecular flexibility index (Phi) is 3.93. The van der Waals surface area contributed by atoms with Crippen molar-refractivity contribution in [3.05, 3.63) is 22.4 Å². The molecule has 1 aromatic rings. The van der Waals surface area contributed by atoms with E-state index in [1.54, 1.807) is 11.3 Å². The first kappa shape index (κ1) is 11.6. The number of amides is 1. The number of rotatable bonds is 4. The van der Waals surface area contributed by atoms with Crippen molar-refractivity contribution in [2.45, 2.75) is 31.6 Å². The number of nitrogens with one attached hydrogen (secondary N) is 1. The average Bonchev–Trinajstić information content (AvgIpc) is 2.96. The van der Waals surface area contributed by atoms with E-state index in [9.17, 15) is 4.79 Å². The molecule has 2 atom stereocenters. The van der Waals surface area contributed by atoms with Crippen LogP contribution >= 0.6 is 11.3 Å².